The first-order chi connectivity index (χ1) is 12.2. The first-order valence-electron chi connectivity index (χ1n) is 9.80. The highest BCUT2D eigenvalue weighted by Crippen LogP contribution is 2.11. The zero-order chi connectivity index (χ0) is 18.8. The Bertz CT molecular complexity index is 365. The molecule has 0 amide bonds. The molecule has 0 bridgehead atoms. The molecule has 0 aliphatic rings. The third-order valence-electron chi connectivity index (χ3n) is 3.91. The van der Waals surface area contributed by atoms with E-state index >= 15 is 0 Å². The van der Waals surface area contributed by atoms with E-state index in [0.717, 1.165) is 64.2 Å². The molecule has 0 aliphatic heterocycles. The van der Waals surface area contributed by atoms with E-state index in [9.17, 15) is 9.59 Å². The molecule has 0 saturated heterocycles. The summed E-state index contributed by atoms with van der Waals surface area (Å²) in [6, 6.07) is 0. The van der Waals surface area contributed by atoms with E-state index in [-0.39, 0.29) is 13.2 Å². The van der Waals surface area contributed by atoms with E-state index < -0.39 is 18.0 Å². The second-order valence-electron chi connectivity index (χ2n) is 6.21. The van der Waals surface area contributed by atoms with Crippen LogP contribution in [0.3, 0.4) is 0 Å². The zero-order valence-corrected chi connectivity index (χ0v) is 16.0. The van der Waals surface area contributed by atoms with Gasteiger partial charge in [-0.3, -0.25) is 0 Å². The predicted molar refractivity (Wildman–Crippen MR) is 99.2 cm³/mol. The molecule has 5 nitrogen and oxygen atoms in total. The Morgan fingerprint density at radius 2 is 1.64 bits per heavy atom. The lowest BCUT2D eigenvalue weighted by molar-refractivity contribution is -0.165. The molecule has 0 aromatic heterocycles. The van der Waals surface area contributed by atoms with Crippen LogP contribution in [0.15, 0.2) is 12.2 Å². The van der Waals surface area contributed by atoms with Gasteiger partial charge in [0, 0.05) is 12.7 Å². The molecular weight excluding hydrogens is 320 g/mol. The highest BCUT2D eigenvalue weighted by atomic mass is 16.6. The smallest absolute Gasteiger partial charge is 0.347 e. The van der Waals surface area contributed by atoms with Gasteiger partial charge in [-0.2, -0.15) is 0 Å². The molecule has 146 valence electrons. The average molecular weight is 357 g/mol. The van der Waals surface area contributed by atoms with E-state index in [0.29, 0.717) is 6.42 Å². The Balaban J connectivity index is 4.09. The van der Waals surface area contributed by atoms with E-state index in [2.05, 4.69) is 6.92 Å². The highest BCUT2D eigenvalue weighted by molar-refractivity contribution is 5.85. The van der Waals surface area contributed by atoms with Crippen molar-refractivity contribution in [2.45, 2.75) is 90.6 Å². The average Bonchev–Trinajstić information content (AvgIpc) is 2.60. The molecule has 5 heteroatoms. The van der Waals surface area contributed by atoms with Gasteiger partial charge in [0.1, 0.15) is 0 Å². The Morgan fingerprint density at radius 3 is 2.32 bits per heavy atom. The number of hydrogen-bond acceptors (Lipinski definition) is 5. The van der Waals surface area contributed by atoms with Gasteiger partial charge >= 0.3 is 11.9 Å². The molecule has 0 radical (unpaired) electrons. The van der Waals surface area contributed by atoms with E-state index in [1.807, 2.05) is 0 Å². The minimum absolute atomic E-state index is 0.256. The van der Waals surface area contributed by atoms with Crippen LogP contribution in [0.5, 0.6) is 0 Å². The van der Waals surface area contributed by atoms with Gasteiger partial charge in [-0.05, 0) is 39.0 Å². The molecule has 0 heterocycles. The molecule has 0 aromatic rings. The van der Waals surface area contributed by atoms with E-state index in [1.54, 1.807) is 13.0 Å². The number of aliphatic hydroxyl groups is 1. The van der Waals surface area contributed by atoms with Crippen LogP contribution in [0.2, 0.25) is 0 Å². The Morgan fingerprint density at radius 1 is 0.960 bits per heavy atom. The Labute approximate surface area is 152 Å². The van der Waals surface area contributed by atoms with E-state index in [1.165, 1.54) is 6.08 Å². The molecule has 1 unspecified atom stereocenters. The summed E-state index contributed by atoms with van der Waals surface area (Å²) in [4.78, 5) is 23.8. The van der Waals surface area contributed by atoms with Crippen molar-refractivity contribution < 1.29 is 24.2 Å². The normalized spacial score (nSPS) is 12.3. The van der Waals surface area contributed by atoms with Gasteiger partial charge in [0.15, 0.2) is 6.10 Å². The zero-order valence-electron chi connectivity index (χ0n) is 16.0. The molecular formula is C20H36O5. The number of rotatable bonds is 16. The summed E-state index contributed by atoms with van der Waals surface area (Å²) in [5.74, 6) is -0.932. The maximum Gasteiger partial charge on any atom is 0.347 e. The fourth-order valence-electron chi connectivity index (χ4n) is 2.48. The van der Waals surface area contributed by atoms with Crippen LogP contribution >= 0.6 is 0 Å². The van der Waals surface area contributed by atoms with Crippen molar-refractivity contribution in [3.05, 3.63) is 12.2 Å². The number of unbranched alkanes of at least 4 members (excludes halogenated alkanes) is 8. The minimum atomic E-state index is -0.799. The maximum absolute atomic E-state index is 11.9. The standard InChI is InChI=1S/C20H36O5/c1-3-5-6-12-15-18(20(23)24-4-2)25-19(22)16-13-10-8-7-9-11-14-17-21/h13,16,18,21H,3-12,14-15,17H2,1-2H3/b16-13+. The topological polar surface area (TPSA) is 72.8 Å². The van der Waals surface area contributed by atoms with Crippen LogP contribution in [-0.2, 0) is 19.1 Å². The lowest BCUT2D eigenvalue weighted by Crippen LogP contribution is -2.28. The molecule has 0 fully saturated rings. The van der Waals surface area contributed by atoms with Crippen LogP contribution in [0.1, 0.15) is 84.5 Å². The number of allylic oxidation sites excluding steroid dienone is 1. The highest BCUT2D eigenvalue weighted by Gasteiger charge is 2.22. The van der Waals surface area contributed by atoms with Gasteiger partial charge < -0.3 is 14.6 Å². The molecule has 25 heavy (non-hydrogen) atoms. The van der Waals surface area contributed by atoms with Gasteiger partial charge in [0.05, 0.1) is 6.61 Å². The van der Waals surface area contributed by atoms with Gasteiger partial charge in [0.25, 0.3) is 0 Å². The van der Waals surface area contributed by atoms with Gasteiger partial charge in [-0.25, -0.2) is 9.59 Å². The maximum atomic E-state index is 11.9. The number of hydrogen-bond donors (Lipinski definition) is 1. The van der Waals surface area contributed by atoms with Crippen molar-refractivity contribution in [3.8, 4) is 0 Å². The molecule has 1 atom stereocenters. The predicted octanol–water partition coefficient (Wildman–Crippen LogP) is 4.32. The van der Waals surface area contributed by atoms with Crippen molar-refractivity contribution in [1.82, 2.24) is 0 Å². The lowest BCUT2D eigenvalue weighted by Gasteiger charge is -2.15. The molecule has 1 N–H and O–H groups in total. The molecule has 0 rings (SSSR count). The molecule has 0 spiro atoms. The summed E-state index contributed by atoms with van der Waals surface area (Å²) in [6.07, 6.45) is 12.9. The van der Waals surface area contributed by atoms with Crippen LogP contribution in [0.25, 0.3) is 0 Å². The summed E-state index contributed by atoms with van der Waals surface area (Å²) >= 11 is 0. The van der Waals surface area contributed by atoms with Gasteiger partial charge in [-0.1, -0.05) is 51.5 Å². The van der Waals surface area contributed by atoms with Crippen LogP contribution in [0.4, 0.5) is 0 Å². The molecule has 0 aromatic carbocycles. The van der Waals surface area contributed by atoms with Crippen LogP contribution in [0, 0.1) is 0 Å². The van der Waals surface area contributed by atoms with Crippen molar-refractivity contribution in [3.63, 3.8) is 0 Å². The molecule has 0 saturated carbocycles. The van der Waals surface area contributed by atoms with Crippen molar-refractivity contribution in [2.24, 2.45) is 0 Å². The monoisotopic (exact) mass is 356 g/mol. The first kappa shape index (κ1) is 23.6. The minimum Gasteiger partial charge on any atom is -0.463 e. The van der Waals surface area contributed by atoms with Crippen molar-refractivity contribution in [2.75, 3.05) is 13.2 Å². The Hall–Kier alpha value is -1.36. The number of ether oxygens (including phenoxy) is 2. The van der Waals surface area contributed by atoms with Gasteiger partial charge in [-0.15, -0.1) is 0 Å². The SMILES string of the molecule is CCCCCCC(OC(=O)/C=C/CCCCCCCO)C(=O)OCC. The molecule has 0 aliphatic carbocycles. The quantitative estimate of drug-likeness (QED) is 0.253. The number of carbonyl (C=O) groups is 2. The lowest BCUT2D eigenvalue weighted by atomic mass is 10.1. The number of aliphatic hydroxyl groups excluding tert-OH is 1. The Kier molecular flexibility index (Phi) is 16.5. The summed E-state index contributed by atoms with van der Waals surface area (Å²) in [6.45, 7) is 4.41. The largest absolute Gasteiger partial charge is 0.463 e. The fraction of sp³-hybridized carbons (Fsp3) is 0.800. The third-order valence-corrected chi connectivity index (χ3v) is 3.91. The van der Waals surface area contributed by atoms with Crippen molar-refractivity contribution >= 4 is 11.9 Å². The summed E-state index contributed by atoms with van der Waals surface area (Å²) in [5.41, 5.74) is 0. The summed E-state index contributed by atoms with van der Waals surface area (Å²) in [5, 5.41) is 8.70. The van der Waals surface area contributed by atoms with Gasteiger partial charge in [0.2, 0.25) is 0 Å². The van der Waals surface area contributed by atoms with Crippen LogP contribution < -0.4 is 0 Å². The summed E-state index contributed by atoms with van der Waals surface area (Å²) < 4.78 is 10.3. The second kappa shape index (κ2) is 17.5. The number of esters is 2. The van der Waals surface area contributed by atoms with Crippen LogP contribution in [-0.4, -0.2) is 36.4 Å². The second-order valence-corrected chi connectivity index (χ2v) is 6.21. The summed E-state index contributed by atoms with van der Waals surface area (Å²) in [7, 11) is 0. The fourth-order valence-corrected chi connectivity index (χ4v) is 2.48. The first-order valence-corrected chi connectivity index (χ1v) is 9.80. The third kappa shape index (κ3) is 14.7. The van der Waals surface area contributed by atoms with E-state index in [4.69, 9.17) is 14.6 Å². The van der Waals surface area contributed by atoms with Crippen molar-refractivity contribution in [1.29, 1.82) is 0 Å². The number of carbonyl (C=O) groups excluding carboxylic acids is 2.